The molecule has 0 spiro atoms. The molecule has 1 N–H and O–H groups in total. The van der Waals surface area contributed by atoms with Crippen molar-refractivity contribution in [1.29, 1.82) is 0 Å². The third kappa shape index (κ3) is 10.0. The Morgan fingerprint density at radius 2 is 1.10 bits per heavy atom. The molecule has 0 unspecified atom stereocenters. The number of phosphoric acid groups is 1. The number of rotatable bonds is 16. The molecule has 1 aliphatic heterocycles. The Balaban J connectivity index is 1.47. The minimum Gasteiger partial charge on any atom is -0.485 e. The van der Waals surface area contributed by atoms with Crippen LogP contribution in [0.25, 0.3) is 0 Å². The van der Waals surface area contributed by atoms with Gasteiger partial charge in [0.2, 0.25) is 5.76 Å². The quantitative estimate of drug-likeness (QED) is 0.0685. The summed E-state index contributed by atoms with van der Waals surface area (Å²) < 4.78 is 130. The van der Waals surface area contributed by atoms with Gasteiger partial charge in [-0.05, 0) is 23.3 Å². The molecule has 276 valence electrons. The fourth-order valence-corrected chi connectivity index (χ4v) is 6.35. The van der Waals surface area contributed by atoms with E-state index in [0.29, 0.717) is 11.1 Å². The van der Waals surface area contributed by atoms with Crippen LogP contribution in [0.4, 0.5) is 26.3 Å². The number of halogens is 6. The lowest BCUT2D eigenvalue weighted by atomic mass is 10.1. The first-order chi connectivity index (χ1) is 24.8. The molecule has 9 nitrogen and oxygen atoms in total. The van der Waals surface area contributed by atoms with E-state index < -0.39 is 80.8 Å². The Morgan fingerprint density at radius 3 is 1.56 bits per heavy atom. The monoisotopic (exact) mass is 752 g/mol. The van der Waals surface area contributed by atoms with Crippen LogP contribution in [0.15, 0.2) is 121 Å². The number of carbonyl (C=O) groups excluding carboxylic acids is 1. The van der Waals surface area contributed by atoms with Gasteiger partial charge in [-0.25, -0.2) is 9.36 Å². The second-order valence-electron chi connectivity index (χ2n) is 11.2. The van der Waals surface area contributed by atoms with E-state index >= 15 is 0 Å². The number of alkyl halides is 6. The lowest BCUT2D eigenvalue weighted by molar-refractivity contribution is -0.148. The van der Waals surface area contributed by atoms with E-state index in [1.54, 1.807) is 60.7 Å². The van der Waals surface area contributed by atoms with E-state index in [-0.39, 0.29) is 24.3 Å². The first-order valence-corrected chi connectivity index (χ1v) is 17.0. The van der Waals surface area contributed by atoms with Gasteiger partial charge in [-0.15, -0.1) is 0 Å². The number of carbonyl (C=O) groups is 1. The van der Waals surface area contributed by atoms with Crippen molar-refractivity contribution in [2.45, 2.75) is 51.0 Å². The second kappa shape index (κ2) is 16.8. The molecule has 1 heterocycles. The van der Waals surface area contributed by atoms with Crippen molar-refractivity contribution < 1.29 is 68.6 Å². The molecule has 1 aliphatic rings. The first-order valence-electron chi connectivity index (χ1n) is 15.5. The molecule has 0 aliphatic carbocycles. The summed E-state index contributed by atoms with van der Waals surface area (Å²) in [6.07, 6.45) is -13.2. The third-order valence-electron chi connectivity index (χ3n) is 7.55. The predicted octanol–water partition coefficient (Wildman–Crippen LogP) is 8.51. The molecule has 0 saturated heterocycles. The number of aliphatic hydroxyl groups excluding tert-OH is 1. The molecular formula is C36H31F6O9P. The van der Waals surface area contributed by atoms with E-state index in [4.69, 9.17) is 27.8 Å². The van der Waals surface area contributed by atoms with E-state index in [0.717, 1.165) is 36.4 Å². The standard InChI is InChI=1S/C36H31F6O9P/c37-35(38,39)28-17-9-7-15-26(28)22-46-32-31(50-34(44)33(32)47-23-27-16-8-10-18-29(27)36(40,41)42)30(19-43)51-52(45,48-20-24-11-3-1-4-12-24)49-21-25-13-5-2-6-14-25/h1-18,30-31,43H,19-23H2/t30-,31+/m0/s1. The zero-order chi connectivity index (χ0) is 37.4. The molecule has 0 amide bonds. The van der Waals surface area contributed by atoms with Crippen LogP contribution in [0.1, 0.15) is 33.4 Å². The smallest absolute Gasteiger partial charge is 0.475 e. The summed E-state index contributed by atoms with van der Waals surface area (Å²) in [7, 11) is -4.68. The van der Waals surface area contributed by atoms with Crippen LogP contribution >= 0.6 is 7.82 Å². The predicted molar refractivity (Wildman–Crippen MR) is 171 cm³/mol. The van der Waals surface area contributed by atoms with Gasteiger partial charge in [-0.1, -0.05) is 97.1 Å². The maximum absolute atomic E-state index is 14.1. The highest BCUT2D eigenvalue weighted by atomic mass is 31.2. The summed E-state index contributed by atoms with van der Waals surface area (Å²) >= 11 is 0. The number of esters is 1. The van der Waals surface area contributed by atoms with Crippen molar-refractivity contribution in [1.82, 2.24) is 0 Å². The van der Waals surface area contributed by atoms with Gasteiger partial charge in [0, 0.05) is 11.1 Å². The molecular weight excluding hydrogens is 721 g/mol. The van der Waals surface area contributed by atoms with Gasteiger partial charge in [0.05, 0.1) is 30.9 Å². The van der Waals surface area contributed by atoms with E-state index in [1.807, 2.05) is 0 Å². The summed E-state index contributed by atoms with van der Waals surface area (Å²) in [4.78, 5) is 13.2. The zero-order valence-corrected chi connectivity index (χ0v) is 27.9. The summed E-state index contributed by atoms with van der Waals surface area (Å²) in [6.45, 7) is -3.31. The van der Waals surface area contributed by atoms with E-state index in [1.165, 1.54) is 12.1 Å². The average molecular weight is 753 g/mol. The topological polar surface area (TPSA) is 110 Å². The van der Waals surface area contributed by atoms with Gasteiger partial charge < -0.3 is 19.3 Å². The summed E-state index contributed by atoms with van der Waals surface area (Å²) in [6, 6.07) is 25.7. The number of hydrogen-bond acceptors (Lipinski definition) is 9. The number of phosphoric ester groups is 1. The molecule has 0 radical (unpaired) electrons. The lowest BCUT2D eigenvalue weighted by Gasteiger charge is -2.27. The molecule has 16 heteroatoms. The Bertz CT molecular complexity index is 1840. The van der Waals surface area contributed by atoms with E-state index in [2.05, 4.69) is 0 Å². The lowest BCUT2D eigenvalue weighted by Crippen LogP contribution is -2.35. The van der Waals surface area contributed by atoms with Crippen LogP contribution in [0, 0.1) is 0 Å². The first kappa shape index (κ1) is 38.6. The van der Waals surface area contributed by atoms with Crippen LogP contribution in [-0.2, 0) is 75.9 Å². The number of aliphatic hydroxyl groups is 1. The molecule has 4 aromatic rings. The SMILES string of the molecule is O=C1O[C@H]([C@H](CO)OP(=O)(OCc2ccccc2)OCc2ccccc2)C(OCc2ccccc2C(F)(F)F)=C1OCc1ccccc1C(F)(F)F. The zero-order valence-electron chi connectivity index (χ0n) is 27.0. The van der Waals surface area contributed by atoms with Gasteiger partial charge >= 0.3 is 26.1 Å². The normalized spacial score (nSPS) is 15.8. The van der Waals surface area contributed by atoms with Crippen LogP contribution < -0.4 is 0 Å². The van der Waals surface area contributed by atoms with Crippen LogP contribution in [0.5, 0.6) is 0 Å². The minimum atomic E-state index is -4.80. The Labute approximate surface area is 293 Å². The Hall–Kier alpha value is -4.66. The fourth-order valence-electron chi connectivity index (χ4n) is 5.03. The molecule has 2 atom stereocenters. The van der Waals surface area contributed by atoms with Crippen molar-refractivity contribution in [3.63, 3.8) is 0 Å². The highest BCUT2D eigenvalue weighted by molar-refractivity contribution is 7.48. The molecule has 0 saturated carbocycles. The number of benzene rings is 4. The maximum Gasteiger partial charge on any atom is 0.475 e. The van der Waals surface area contributed by atoms with Gasteiger partial charge in [0.25, 0.3) is 0 Å². The highest BCUT2D eigenvalue weighted by Gasteiger charge is 2.47. The Kier molecular flexibility index (Phi) is 12.4. The summed E-state index contributed by atoms with van der Waals surface area (Å²) in [5.41, 5.74) is -1.78. The molecule has 4 aromatic carbocycles. The van der Waals surface area contributed by atoms with Crippen LogP contribution in [0.2, 0.25) is 0 Å². The maximum atomic E-state index is 14.1. The van der Waals surface area contributed by atoms with Crippen molar-refractivity contribution in [3.8, 4) is 0 Å². The molecule has 5 rings (SSSR count). The van der Waals surface area contributed by atoms with Crippen molar-refractivity contribution in [2.75, 3.05) is 6.61 Å². The van der Waals surface area contributed by atoms with Gasteiger partial charge in [-0.2, -0.15) is 26.3 Å². The van der Waals surface area contributed by atoms with Crippen LogP contribution in [0.3, 0.4) is 0 Å². The number of cyclic esters (lactones) is 1. The second-order valence-corrected chi connectivity index (χ2v) is 12.8. The van der Waals surface area contributed by atoms with Crippen LogP contribution in [-0.4, -0.2) is 29.9 Å². The fraction of sp³-hybridized carbons (Fsp3) is 0.250. The van der Waals surface area contributed by atoms with Crippen molar-refractivity contribution in [3.05, 3.63) is 154 Å². The molecule has 0 aromatic heterocycles. The molecule has 0 fully saturated rings. The van der Waals surface area contributed by atoms with Crippen molar-refractivity contribution in [2.24, 2.45) is 0 Å². The van der Waals surface area contributed by atoms with Crippen molar-refractivity contribution >= 4 is 13.8 Å². The van der Waals surface area contributed by atoms with Gasteiger partial charge in [0.1, 0.15) is 19.3 Å². The number of hydrogen-bond donors (Lipinski definition) is 1. The third-order valence-corrected chi connectivity index (χ3v) is 8.97. The minimum absolute atomic E-state index is 0.296. The van der Waals surface area contributed by atoms with E-state index in [9.17, 15) is 40.8 Å². The summed E-state index contributed by atoms with van der Waals surface area (Å²) in [5.74, 6) is -2.75. The Morgan fingerprint density at radius 1 is 0.654 bits per heavy atom. The summed E-state index contributed by atoms with van der Waals surface area (Å²) in [5, 5.41) is 10.4. The highest BCUT2D eigenvalue weighted by Crippen LogP contribution is 2.53. The largest absolute Gasteiger partial charge is 0.485 e. The average Bonchev–Trinajstić information content (AvgIpc) is 3.45. The van der Waals surface area contributed by atoms with Gasteiger partial charge in [0.15, 0.2) is 11.9 Å². The number of ether oxygens (including phenoxy) is 3. The molecule has 52 heavy (non-hydrogen) atoms. The molecule has 0 bridgehead atoms. The van der Waals surface area contributed by atoms with Gasteiger partial charge in [-0.3, -0.25) is 13.6 Å².